The molecule has 1 aliphatic heterocycles. The molecule has 0 fully saturated rings. The van der Waals surface area contributed by atoms with Crippen LogP contribution in [-0.4, -0.2) is 13.2 Å². The SMILES string of the molecule is CCOc1ccc2c(c1)C(C)(C)CNC2. The molecule has 1 heterocycles. The monoisotopic (exact) mass is 205 g/mol. The summed E-state index contributed by atoms with van der Waals surface area (Å²) in [5.41, 5.74) is 3.03. The minimum Gasteiger partial charge on any atom is -0.494 e. The fourth-order valence-corrected chi connectivity index (χ4v) is 2.20. The Kier molecular flexibility index (Phi) is 2.70. The van der Waals surface area contributed by atoms with E-state index in [1.165, 1.54) is 11.1 Å². The maximum atomic E-state index is 5.54. The van der Waals surface area contributed by atoms with Crippen LogP contribution in [0, 0.1) is 0 Å². The van der Waals surface area contributed by atoms with Crippen LogP contribution in [0.3, 0.4) is 0 Å². The third-order valence-electron chi connectivity index (χ3n) is 3.00. The summed E-state index contributed by atoms with van der Waals surface area (Å²) < 4.78 is 5.54. The molecule has 0 atom stereocenters. The van der Waals surface area contributed by atoms with Gasteiger partial charge in [-0.05, 0) is 30.2 Å². The topological polar surface area (TPSA) is 21.3 Å². The number of hydrogen-bond donors (Lipinski definition) is 1. The van der Waals surface area contributed by atoms with Gasteiger partial charge in [-0.1, -0.05) is 19.9 Å². The van der Waals surface area contributed by atoms with Crippen molar-refractivity contribution in [2.75, 3.05) is 13.2 Å². The van der Waals surface area contributed by atoms with Crippen LogP contribution < -0.4 is 10.1 Å². The van der Waals surface area contributed by atoms with Crippen molar-refractivity contribution in [3.8, 4) is 5.75 Å². The first kappa shape index (κ1) is 10.5. The van der Waals surface area contributed by atoms with E-state index in [4.69, 9.17) is 4.74 Å². The van der Waals surface area contributed by atoms with Crippen LogP contribution in [0.15, 0.2) is 18.2 Å². The molecular formula is C13H19NO. The summed E-state index contributed by atoms with van der Waals surface area (Å²) >= 11 is 0. The molecule has 0 saturated heterocycles. The summed E-state index contributed by atoms with van der Waals surface area (Å²) in [6.07, 6.45) is 0. The van der Waals surface area contributed by atoms with Crippen molar-refractivity contribution in [2.45, 2.75) is 32.7 Å². The second-order valence-electron chi connectivity index (χ2n) is 4.74. The lowest BCUT2D eigenvalue weighted by Gasteiger charge is -2.33. The molecule has 1 aliphatic rings. The molecule has 0 amide bonds. The third-order valence-corrected chi connectivity index (χ3v) is 3.00. The van der Waals surface area contributed by atoms with Crippen molar-refractivity contribution in [1.29, 1.82) is 0 Å². The smallest absolute Gasteiger partial charge is 0.119 e. The van der Waals surface area contributed by atoms with Crippen molar-refractivity contribution in [3.63, 3.8) is 0 Å². The second kappa shape index (κ2) is 3.86. The van der Waals surface area contributed by atoms with Gasteiger partial charge in [0.05, 0.1) is 6.61 Å². The maximum absolute atomic E-state index is 5.54. The first-order valence-corrected chi connectivity index (χ1v) is 5.60. The van der Waals surface area contributed by atoms with Gasteiger partial charge in [0.15, 0.2) is 0 Å². The Hall–Kier alpha value is -1.02. The summed E-state index contributed by atoms with van der Waals surface area (Å²) in [5, 5.41) is 3.44. The Bertz CT molecular complexity index is 358. The number of nitrogens with one attached hydrogen (secondary N) is 1. The molecule has 2 heteroatoms. The van der Waals surface area contributed by atoms with Gasteiger partial charge in [0.1, 0.15) is 5.75 Å². The van der Waals surface area contributed by atoms with E-state index in [-0.39, 0.29) is 5.41 Å². The highest BCUT2D eigenvalue weighted by molar-refractivity contribution is 5.41. The van der Waals surface area contributed by atoms with Gasteiger partial charge in [-0.15, -0.1) is 0 Å². The fraction of sp³-hybridized carbons (Fsp3) is 0.538. The minimum atomic E-state index is 0.209. The molecule has 0 spiro atoms. The lowest BCUT2D eigenvalue weighted by molar-refractivity contribution is 0.337. The van der Waals surface area contributed by atoms with Gasteiger partial charge in [0, 0.05) is 18.5 Å². The standard InChI is InChI=1S/C13H19NO/c1-4-15-11-6-5-10-8-14-9-13(2,3)12(10)7-11/h5-7,14H,4,8-9H2,1-3H3. The largest absolute Gasteiger partial charge is 0.494 e. The first-order valence-electron chi connectivity index (χ1n) is 5.60. The molecule has 0 aliphatic carbocycles. The van der Waals surface area contributed by atoms with E-state index >= 15 is 0 Å². The van der Waals surface area contributed by atoms with Crippen molar-refractivity contribution in [2.24, 2.45) is 0 Å². The molecule has 2 rings (SSSR count). The predicted octanol–water partition coefficient (Wildman–Crippen LogP) is 2.47. The summed E-state index contributed by atoms with van der Waals surface area (Å²) in [6, 6.07) is 6.43. The molecule has 1 aromatic rings. The molecule has 1 aromatic carbocycles. The number of fused-ring (bicyclic) bond motifs is 1. The molecular weight excluding hydrogens is 186 g/mol. The third kappa shape index (κ3) is 2.00. The molecule has 0 unspecified atom stereocenters. The fourth-order valence-electron chi connectivity index (χ4n) is 2.20. The molecule has 82 valence electrons. The number of hydrogen-bond acceptors (Lipinski definition) is 2. The van der Waals surface area contributed by atoms with Crippen molar-refractivity contribution < 1.29 is 4.74 Å². The zero-order valence-corrected chi connectivity index (χ0v) is 9.76. The van der Waals surface area contributed by atoms with Gasteiger partial charge in [-0.3, -0.25) is 0 Å². The van der Waals surface area contributed by atoms with Crippen LogP contribution in [0.4, 0.5) is 0 Å². The van der Waals surface area contributed by atoms with Crippen LogP contribution in [0.2, 0.25) is 0 Å². The summed E-state index contributed by atoms with van der Waals surface area (Å²) in [7, 11) is 0. The first-order chi connectivity index (χ1) is 7.13. The van der Waals surface area contributed by atoms with Crippen molar-refractivity contribution >= 4 is 0 Å². The van der Waals surface area contributed by atoms with E-state index in [0.29, 0.717) is 0 Å². The van der Waals surface area contributed by atoms with Crippen LogP contribution in [0.5, 0.6) is 5.75 Å². The highest BCUT2D eigenvalue weighted by atomic mass is 16.5. The lowest BCUT2D eigenvalue weighted by Crippen LogP contribution is -2.38. The maximum Gasteiger partial charge on any atom is 0.119 e. The average molecular weight is 205 g/mol. The van der Waals surface area contributed by atoms with E-state index in [0.717, 1.165) is 25.4 Å². The van der Waals surface area contributed by atoms with E-state index in [9.17, 15) is 0 Å². The normalized spacial score (nSPS) is 18.3. The zero-order valence-electron chi connectivity index (χ0n) is 9.76. The molecule has 0 radical (unpaired) electrons. The Morgan fingerprint density at radius 1 is 1.40 bits per heavy atom. The summed E-state index contributed by atoms with van der Waals surface area (Å²) in [4.78, 5) is 0. The van der Waals surface area contributed by atoms with Crippen LogP contribution in [-0.2, 0) is 12.0 Å². The average Bonchev–Trinajstić information content (AvgIpc) is 2.19. The molecule has 0 saturated carbocycles. The number of benzene rings is 1. The molecule has 0 aromatic heterocycles. The van der Waals surface area contributed by atoms with Crippen molar-refractivity contribution in [3.05, 3.63) is 29.3 Å². The van der Waals surface area contributed by atoms with Gasteiger partial charge >= 0.3 is 0 Å². The number of rotatable bonds is 2. The molecule has 0 bridgehead atoms. The highest BCUT2D eigenvalue weighted by Gasteiger charge is 2.27. The Balaban J connectivity index is 2.39. The van der Waals surface area contributed by atoms with Crippen LogP contribution in [0.25, 0.3) is 0 Å². The van der Waals surface area contributed by atoms with E-state index in [1.807, 2.05) is 6.92 Å². The molecule has 1 N–H and O–H groups in total. The highest BCUT2D eigenvalue weighted by Crippen LogP contribution is 2.32. The predicted molar refractivity (Wildman–Crippen MR) is 62.3 cm³/mol. The van der Waals surface area contributed by atoms with E-state index in [1.54, 1.807) is 0 Å². The van der Waals surface area contributed by atoms with Gasteiger partial charge in [-0.2, -0.15) is 0 Å². The van der Waals surface area contributed by atoms with E-state index in [2.05, 4.69) is 37.4 Å². The zero-order chi connectivity index (χ0) is 10.9. The lowest BCUT2D eigenvalue weighted by atomic mass is 9.79. The van der Waals surface area contributed by atoms with Gasteiger partial charge in [0.2, 0.25) is 0 Å². The minimum absolute atomic E-state index is 0.209. The molecule has 2 nitrogen and oxygen atoms in total. The quantitative estimate of drug-likeness (QED) is 0.801. The van der Waals surface area contributed by atoms with Gasteiger partial charge < -0.3 is 10.1 Å². The Morgan fingerprint density at radius 2 is 2.20 bits per heavy atom. The Morgan fingerprint density at radius 3 is 2.93 bits per heavy atom. The second-order valence-corrected chi connectivity index (χ2v) is 4.74. The summed E-state index contributed by atoms with van der Waals surface area (Å²) in [5.74, 6) is 0.992. The van der Waals surface area contributed by atoms with Gasteiger partial charge in [-0.25, -0.2) is 0 Å². The Labute approximate surface area is 91.6 Å². The van der Waals surface area contributed by atoms with Crippen molar-refractivity contribution in [1.82, 2.24) is 5.32 Å². The van der Waals surface area contributed by atoms with Crippen LogP contribution in [0.1, 0.15) is 31.9 Å². The summed E-state index contributed by atoms with van der Waals surface area (Å²) in [6.45, 7) is 9.31. The van der Waals surface area contributed by atoms with E-state index < -0.39 is 0 Å². The van der Waals surface area contributed by atoms with Crippen LogP contribution >= 0.6 is 0 Å². The molecule has 15 heavy (non-hydrogen) atoms. The number of ether oxygens (including phenoxy) is 1. The van der Waals surface area contributed by atoms with Gasteiger partial charge in [0.25, 0.3) is 0 Å².